The normalized spacial score (nSPS) is 26.6. The smallest absolute Gasteiger partial charge is 0.310 e. The van der Waals surface area contributed by atoms with Crippen LogP contribution in [0.2, 0.25) is 0 Å². The van der Waals surface area contributed by atoms with Gasteiger partial charge >= 0.3 is 10.2 Å². The average molecular weight is 615 g/mol. The number of benzene rings is 1. The van der Waals surface area contributed by atoms with Crippen molar-refractivity contribution < 1.29 is 46.9 Å². The van der Waals surface area contributed by atoms with Gasteiger partial charge in [0.05, 0.1) is 18.9 Å². The summed E-state index contributed by atoms with van der Waals surface area (Å²) >= 11 is 0. The molecule has 3 aliphatic rings. The van der Waals surface area contributed by atoms with Crippen molar-refractivity contribution in [1.29, 1.82) is 0 Å². The third kappa shape index (κ3) is 6.14. The van der Waals surface area contributed by atoms with E-state index in [9.17, 15) is 42.2 Å². The van der Waals surface area contributed by atoms with E-state index in [0.717, 1.165) is 23.4 Å². The Kier molecular flexibility index (Phi) is 6.67. The molecule has 5 rings (SSSR count). The number of alkyl halides is 2. The number of ether oxygens (including phenoxy) is 1. The van der Waals surface area contributed by atoms with Crippen molar-refractivity contribution in [2.45, 2.75) is 66.6 Å². The number of amides is 2. The van der Waals surface area contributed by atoms with Gasteiger partial charge in [-0.25, -0.2) is 13.2 Å². The largest absolute Gasteiger partial charge is 0.374 e. The summed E-state index contributed by atoms with van der Waals surface area (Å²) in [6, 6.07) is -0.144. The quantitative estimate of drug-likeness (QED) is 0.387. The van der Waals surface area contributed by atoms with Gasteiger partial charge in [-0.15, -0.1) is 0 Å². The molecule has 3 atom stereocenters. The molecule has 2 saturated heterocycles. The molecular weight excluding hydrogens is 588 g/mol. The average Bonchev–Trinajstić information content (AvgIpc) is 3.50. The minimum absolute atomic E-state index is 0.0968. The first kappa shape index (κ1) is 29.5. The first-order valence-corrected chi connectivity index (χ1v) is 14.6. The van der Waals surface area contributed by atoms with Crippen LogP contribution >= 0.6 is 10.2 Å². The number of hydrogen-bond donors (Lipinski definition) is 2. The summed E-state index contributed by atoms with van der Waals surface area (Å²) in [5, 5.41) is 5.60. The Hall–Kier alpha value is -2.98. The van der Waals surface area contributed by atoms with Crippen LogP contribution in [0.3, 0.4) is 0 Å². The third-order valence-electron chi connectivity index (χ3n) is 7.61. The fourth-order valence-electron chi connectivity index (χ4n) is 5.49. The SMILES string of the molecule is O=C(NC1CCC(F)(F)CC1)C(c1cncc(F)c1)N(C(=O)C12COC(CN1)C2)c1ccc(S(F)(F)(F)(F)F)cc1. The molecular formula is C25H26F8N4O3S. The van der Waals surface area contributed by atoms with E-state index in [2.05, 4.69) is 15.6 Å². The number of carbonyl (C=O) groups is 2. The molecule has 2 bridgehead atoms. The lowest BCUT2D eigenvalue weighted by Gasteiger charge is -2.41. The molecule has 2 aliphatic heterocycles. The number of fused-ring (bicyclic) bond motifs is 2. The molecule has 1 aromatic carbocycles. The molecule has 226 valence electrons. The Balaban J connectivity index is 1.59. The molecule has 1 saturated carbocycles. The molecule has 3 unspecified atom stereocenters. The van der Waals surface area contributed by atoms with Gasteiger partial charge in [0, 0.05) is 49.3 Å². The monoisotopic (exact) mass is 614 g/mol. The van der Waals surface area contributed by atoms with E-state index < -0.39 is 69.1 Å². The highest BCUT2D eigenvalue weighted by Crippen LogP contribution is 3.02. The van der Waals surface area contributed by atoms with Gasteiger partial charge in [0.15, 0.2) is 0 Å². The van der Waals surface area contributed by atoms with Crippen LogP contribution in [-0.2, 0) is 14.3 Å². The summed E-state index contributed by atoms with van der Waals surface area (Å²) in [5.41, 5.74) is -1.96. The summed E-state index contributed by atoms with van der Waals surface area (Å²) in [5.74, 6) is -5.59. The molecule has 1 aliphatic carbocycles. The van der Waals surface area contributed by atoms with Gasteiger partial charge in [0.2, 0.25) is 11.8 Å². The van der Waals surface area contributed by atoms with Crippen LogP contribution in [-0.4, -0.2) is 53.6 Å². The number of anilines is 1. The first-order valence-electron chi connectivity index (χ1n) is 12.7. The molecule has 0 radical (unpaired) electrons. The molecule has 2 amide bonds. The van der Waals surface area contributed by atoms with Gasteiger partial charge in [-0.1, -0.05) is 19.4 Å². The van der Waals surface area contributed by atoms with Crippen molar-refractivity contribution in [2.24, 2.45) is 0 Å². The summed E-state index contributed by atoms with van der Waals surface area (Å²) in [6.45, 7) is 0.112. The summed E-state index contributed by atoms with van der Waals surface area (Å²) in [6.07, 6.45) is 0.481. The zero-order chi connectivity index (χ0) is 29.9. The van der Waals surface area contributed by atoms with Crippen LogP contribution in [0.4, 0.5) is 38.3 Å². The Bertz CT molecular complexity index is 1340. The highest BCUT2D eigenvalue weighted by molar-refractivity contribution is 8.45. The van der Waals surface area contributed by atoms with Crippen molar-refractivity contribution in [3.63, 3.8) is 0 Å². The van der Waals surface area contributed by atoms with Crippen LogP contribution in [0.1, 0.15) is 43.7 Å². The maximum absolute atomic E-state index is 14.3. The lowest BCUT2D eigenvalue weighted by atomic mass is 9.91. The van der Waals surface area contributed by atoms with Gasteiger partial charge in [0.25, 0.3) is 5.91 Å². The van der Waals surface area contributed by atoms with Crippen LogP contribution in [0.5, 0.6) is 0 Å². The maximum atomic E-state index is 14.3. The van der Waals surface area contributed by atoms with Crippen LogP contribution in [0, 0.1) is 5.82 Å². The Morgan fingerprint density at radius 2 is 1.73 bits per heavy atom. The van der Waals surface area contributed by atoms with Crippen molar-refractivity contribution >= 4 is 27.7 Å². The second-order valence-electron chi connectivity index (χ2n) is 10.7. The van der Waals surface area contributed by atoms with Crippen LogP contribution in [0.15, 0.2) is 47.6 Å². The molecule has 0 spiro atoms. The molecule has 1 aromatic heterocycles. The van der Waals surface area contributed by atoms with Crippen molar-refractivity contribution in [2.75, 3.05) is 18.1 Å². The number of pyridine rings is 1. The molecule has 16 heteroatoms. The summed E-state index contributed by atoms with van der Waals surface area (Å²) in [7, 11) is -10.1. The number of carbonyl (C=O) groups excluding carboxylic acids is 2. The second kappa shape index (κ2) is 9.26. The molecule has 7 nitrogen and oxygen atoms in total. The highest BCUT2D eigenvalue weighted by atomic mass is 32.5. The fourth-order valence-corrected chi connectivity index (χ4v) is 6.14. The zero-order valence-electron chi connectivity index (χ0n) is 21.3. The minimum Gasteiger partial charge on any atom is -0.374 e. The number of morpholine rings is 1. The zero-order valence-corrected chi connectivity index (χ0v) is 22.1. The van der Waals surface area contributed by atoms with Gasteiger partial charge in [-0.3, -0.25) is 24.8 Å². The van der Waals surface area contributed by atoms with Gasteiger partial charge in [-0.2, -0.15) is 0 Å². The molecule has 41 heavy (non-hydrogen) atoms. The molecule has 3 fully saturated rings. The number of nitrogens with one attached hydrogen (secondary N) is 2. The predicted molar refractivity (Wildman–Crippen MR) is 133 cm³/mol. The summed E-state index contributed by atoms with van der Waals surface area (Å²) < 4.78 is 114. The van der Waals surface area contributed by atoms with E-state index in [1.165, 1.54) is 0 Å². The van der Waals surface area contributed by atoms with Gasteiger partial charge in [-0.05, 0) is 43.2 Å². The number of hydrogen-bond acceptors (Lipinski definition) is 5. The van der Waals surface area contributed by atoms with Gasteiger partial charge < -0.3 is 10.1 Å². The van der Waals surface area contributed by atoms with Crippen molar-refractivity contribution in [3.05, 3.63) is 54.1 Å². The Morgan fingerprint density at radius 3 is 2.24 bits per heavy atom. The van der Waals surface area contributed by atoms with E-state index in [1.807, 2.05) is 0 Å². The number of rotatable bonds is 7. The third-order valence-corrected chi connectivity index (χ3v) is 8.77. The van der Waals surface area contributed by atoms with Crippen LogP contribution < -0.4 is 15.5 Å². The first-order chi connectivity index (χ1) is 18.9. The van der Waals surface area contributed by atoms with E-state index in [-0.39, 0.29) is 61.9 Å². The molecule has 2 aromatic rings. The maximum Gasteiger partial charge on any atom is 0.310 e. The topological polar surface area (TPSA) is 83.6 Å². The predicted octanol–water partition coefficient (Wildman–Crippen LogP) is 5.78. The lowest BCUT2D eigenvalue weighted by molar-refractivity contribution is -0.131. The van der Waals surface area contributed by atoms with E-state index >= 15 is 0 Å². The van der Waals surface area contributed by atoms with E-state index in [0.29, 0.717) is 12.1 Å². The molecule has 3 heterocycles. The fraction of sp³-hybridized carbons (Fsp3) is 0.480. The van der Waals surface area contributed by atoms with Crippen LogP contribution in [0.25, 0.3) is 0 Å². The number of aromatic nitrogens is 1. The van der Waals surface area contributed by atoms with Crippen molar-refractivity contribution in [3.8, 4) is 0 Å². The number of nitrogens with zero attached hydrogens (tertiary/aromatic N) is 2. The second-order valence-corrected chi connectivity index (χ2v) is 13.1. The van der Waals surface area contributed by atoms with Gasteiger partial charge in [0.1, 0.15) is 22.3 Å². The highest BCUT2D eigenvalue weighted by Gasteiger charge is 2.65. The Morgan fingerprint density at radius 1 is 1.07 bits per heavy atom. The number of halogens is 8. The van der Waals surface area contributed by atoms with E-state index in [4.69, 9.17) is 4.74 Å². The van der Waals surface area contributed by atoms with Crippen molar-refractivity contribution in [1.82, 2.24) is 15.6 Å². The Labute approximate surface area is 229 Å². The minimum atomic E-state index is -10.1. The van der Waals surface area contributed by atoms with E-state index in [1.54, 1.807) is 0 Å². The lowest BCUT2D eigenvalue weighted by Crippen LogP contribution is -2.60. The molecule has 2 N–H and O–H groups in total. The summed E-state index contributed by atoms with van der Waals surface area (Å²) in [4.78, 5) is 30.2. The standard InChI is InChI=1S/C25H26F8N4O3S/c26-16-9-15(11-34-12-16)21(22(38)36-17-5-7-25(27,28)8-6-17)37(23(39)24-10-19(13-35-24)40-14-24)18-1-3-20(4-2-18)41(29,30,31,32)33/h1-4,9,11-12,17,19,21,35H,5-8,10,13-14H2,(H,36,38).